The van der Waals surface area contributed by atoms with Crippen molar-refractivity contribution in [1.29, 1.82) is 0 Å². The van der Waals surface area contributed by atoms with Gasteiger partial charge in [0, 0.05) is 35.3 Å². The Bertz CT molecular complexity index is 504. The molecule has 1 N–H and O–H groups in total. The highest BCUT2D eigenvalue weighted by atomic mass is 35.5. The lowest BCUT2D eigenvalue weighted by atomic mass is 9.82. The Kier molecular flexibility index (Phi) is 5.08. The van der Waals surface area contributed by atoms with Crippen LogP contribution in [-0.4, -0.2) is 35.6 Å². The summed E-state index contributed by atoms with van der Waals surface area (Å²) in [7, 11) is 1.76. The molecule has 1 amide bonds. The fourth-order valence-electron chi connectivity index (χ4n) is 2.28. The van der Waals surface area contributed by atoms with Gasteiger partial charge in [-0.2, -0.15) is 0 Å². The lowest BCUT2D eigenvalue weighted by Crippen LogP contribution is -2.38. The molecular weight excluding hydrogens is 297 g/mol. The molecule has 3 nitrogen and oxygen atoms in total. The molecule has 1 aromatic rings. The van der Waals surface area contributed by atoms with Gasteiger partial charge in [-0.3, -0.25) is 4.79 Å². The van der Waals surface area contributed by atoms with E-state index in [1.54, 1.807) is 36.2 Å². The molecule has 108 valence electrons. The van der Waals surface area contributed by atoms with E-state index in [0.29, 0.717) is 28.1 Å². The number of benzene rings is 1. The number of carbonyl (C=O) groups is 1. The lowest BCUT2D eigenvalue weighted by Gasteiger charge is -2.34. The van der Waals surface area contributed by atoms with E-state index in [9.17, 15) is 9.90 Å². The summed E-state index contributed by atoms with van der Waals surface area (Å²) in [5, 5.41) is 10.3. The minimum Gasteiger partial charge on any atom is -0.393 e. The van der Waals surface area contributed by atoms with Crippen molar-refractivity contribution >= 4 is 35.2 Å². The maximum absolute atomic E-state index is 12.0. The van der Waals surface area contributed by atoms with Crippen LogP contribution in [0.25, 0.3) is 6.08 Å². The predicted molar refractivity (Wildman–Crippen MR) is 81.9 cm³/mol. The Hall–Kier alpha value is -1.03. The lowest BCUT2D eigenvalue weighted by molar-refractivity contribution is -0.126. The van der Waals surface area contributed by atoms with Crippen molar-refractivity contribution in [3.05, 3.63) is 39.9 Å². The van der Waals surface area contributed by atoms with Gasteiger partial charge >= 0.3 is 0 Å². The molecule has 1 aliphatic rings. The van der Waals surface area contributed by atoms with E-state index >= 15 is 0 Å². The third-order valence-electron chi connectivity index (χ3n) is 3.51. The van der Waals surface area contributed by atoms with E-state index in [-0.39, 0.29) is 12.0 Å². The number of nitrogens with zero attached hydrogens (tertiary/aromatic N) is 1. The normalized spacial score (nSPS) is 21.8. The van der Waals surface area contributed by atoms with Crippen molar-refractivity contribution in [1.82, 2.24) is 4.90 Å². The molecule has 0 heterocycles. The molecule has 0 radical (unpaired) electrons. The number of likely N-dealkylation sites (N-methyl/N-ethyl adjacent to an activating group) is 1. The Balaban J connectivity index is 1.94. The van der Waals surface area contributed by atoms with Crippen LogP contribution in [0.5, 0.6) is 0 Å². The topological polar surface area (TPSA) is 40.5 Å². The number of hydrogen-bond donors (Lipinski definition) is 1. The summed E-state index contributed by atoms with van der Waals surface area (Å²) < 4.78 is 0. The first-order chi connectivity index (χ1) is 9.47. The van der Waals surface area contributed by atoms with Gasteiger partial charge in [0.25, 0.3) is 0 Å². The molecule has 0 saturated heterocycles. The summed E-state index contributed by atoms with van der Waals surface area (Å²) in [4.78, 5) is 13.6. The fourth-order valence-corrected chi connectivity index (χ4v) is 2.80. The van der Waals surface area contributed by atoms with Crippen LogP contribution < -0.4 is 0 Å². The predicted octanol–water partition coefficient (Wildman–Crippen LogP) is 3.24. The van der Waals surface area contributed by atoms with Gasteiger partial charge in [-0.1, -0.05) is 29.3 Å². The molecule has 0 aliphatic heterocycles. The molecule has 20 heavy (non-hydrogen) atoms. The van der Waals surface area contributed by atoms with Gasteiger partial charge in [0.2, 0.25) is 5.91 Å². The average molecular weight is 314 g/mol. The highest BCUT2D eigenvalue weighted by Crippen LogP contribution is 2.28. The van der Waals surface area contributed by atoms with Crippen LogP contribution in [0.4, 0.5) is 0 Å². The molecule has 0 aromatic heterocycles. The summed E-state index contributed by atoms with van der Waals surface area (Å²) in [6, 6.07) is 5.23. The van der Waals surface area contributed by atoms with Crippen molar-refractivity contribution in [2.45, 2.75) is 18.9 Å². The van der Waals surface area contributed by atoms with Gasteiger partial charge < -0.3 is 10.0 Å². The minimum atomic E-state index is -0.194. The maximum Gasteiger partial charge on any atom is 0.246 e. The highest BCUT2D eigenvalue weighted by molar-refractivity contribution is 6.37. The molecule has 1 aliphatic carbocycles. The van der Waals surface area contributed by atoms with Crippen molar-refractivity contribution in [2.24, 2.45) is 5.92 Å². The second-order valence-corrected chi connectivity index (χ2v) is 5.99. The van der Waals surface area contributed by atoms with Crippen molar-refractivity contribution in [2.75, 3.05) is 13.6 Å². The van der Waals surface area contributed by atoms with Crippen LogP contribution in [0, 0.1) is 5.92 Å². The van der Waals surface area contributed by atoms with E-state index in [1.807, 2.05) is 0 Å². The molecule has 0 bridgehead atoms. The minimum absolute atomic E-state index is 0.0950. The molecular formula is C15H17Cl2NO2. The zero-order valence-electron chi connectivity index (χ0n) is 11.2. The average Bonchev–Trinajstić information content (AvgIpc) is 2.36. The van der Waals surface area contributed by atoms with Crippen LogP contribution in [0.2, 0.25) is 10.0 Å². The van der Waals surface area contributed by atoms with Gasteiger partial charge in [-0.05, 0) is 37.0 Å². The Morgan fingerprint density at radius 1 is 1.40 bits per heavy atom. The summed E-state index contributed by atoms with van der Waals surface area (Å²) in [5.74, 6) is 0.304. The van der Waals surface area contributed by atoms with Crippen LogP contribution >= 0.6 is 23.2 Å². The van der Waals surface area contributed by atoms with E-state index in [0.717, 1.165) is 12.8 Å². The number of rotatable bonds is 4. The van der Waals surface area contributed by atoms with Crippen molar-refractivity contribution < 1.29 is 9.90 Å². The number of aliphatic hydroxyl groups is 1. The summed E-state index contributed by atoms with van der Waals surface area (Å²) in [6.07, 6.45) is 4.47. The van der Waals surface area contributed by atoms with Crippen LogP contribution in [0.15, 0.2) is 24.3 Å². The monoisotopic (exact) mass is 313 g/mol. The van der Waals surface area contributed by atoms with Gasteiger partial charge in [0.1, 0.15) is 0 Å². The molecule has 2 rings (SSSR count). The number of aliphatic hydroxyl groups excluding tert-OH is 1. The van der Waals surface area contributed by atoms with E-state index in [4.69, 9.17) is 23.2 Å². The highest BCUT2D eigenvalue weighted by Gasteiger charge is 2.28. The molecule has 5 heteroatoms. The smallest absolute Gasteiger partial charge is 0.246 e. The summed E-state index contributed by atoms with van der Waals surface area (Å²) >= 11 is 12.1. The fraction of sp³-hybridized carbons (Fsp3) is 0.400. The van der Waals surface area contributed by atoms with Gasteiger partial charge in [0.05, 0.1) is 6.10 Å². The Morgan fingerprint density at radius 2 is 2.00 bits per heavy atom. The van der Waals surface area contributed by atoms with Crippen LogP contribution in [0.1, 0.15) is 18.4 Å². The number of carbonyl (C=O) groups excluding carboxylic acids is 1. The summed E-state index contributed by atoms with van der Waals surface area (Å²) in [6.45, 7) is 0.663. The second kappa shape index (κ2) is 6.61. The number of halogens is 2. The second-order valence-electron chi connectivity index (χ2n) is 5.18. The Morgan fingerprint density at radius 3 is 2.55 bits per heavy atom. The molecule has 0 spiro atoms. The van der Waals surface area contributed by atoms with Gasteiger partial charge in [-0.15, -0.1) is 0 Å². The molecule has 1 fully saturated rings. The van der Waals surface area contributed by atoms with Crippen molar-refractivity contribution in [3.8, 4) is 0 Å². The molecule has 0 atom stereocenters. The first-order valence-corrected chi connectivity index (χ1v) is 7.28. The number of amides is 1. The standard InChI is InChI=1S/C15H17Cl2NO2/c1-18(9-10-7-11(19)8-10)15(20)6-5-12-13(16)3-2-4-14(12)17/h2-6,10-11,19H,7-9H2,1H3. The SMILES string of the molecule is CN(CC1CC(O)C1)C(=O)C=Cc1c(Cl)cccc1Cl. The third kappa shape index (κ3) is 3.75. The van der Waals surface area contributed by atoms with Crippen LogP contribution in [0.3, 0.4) is 0 Å². The van der Waals surface area contributed by atoms with Gasteiger partial charge in [0.15, 0.2) is 0 Å². The van der Waals surface area contributed by atoms with E-state index in [1.165, 1.54) is 6.08 Å². The zero-order chi connectivity index (χ0) is 14.7. The number of hydrogen-bond acceptors (Lipinski definition) is 2. The van der Waals surface area contributed by atoms with E-state index in [2.05, 4.69) is 0 Å². The maximum atomic E-state index is 12.0. The van der Waals surface area contributed by atoms with Gasteiger partial charge in [-0.25, -0.2) is 0 Å². The molecule has 0 unspecified atom stereocenters. The first kappa shape index (κ1) is 15.4. The first-order valence-electron chi connectivity index (χ1n) is 6.52. The quantitative estimate of drug-likeness (QED) is 0.867. The summed E-state index contributed by atoms with van der Waals surface area (Å²) in [5.41, 5.74) is 0.650. The van der Waals surface area contributed by atoms with Crippen molar-refractivity contribution in [3.63, 3.8) is 0 Å². The third-order valence-corrected chi connectivity index (χ3v) is 4.17. The molecule has 1 saturated carbocycles. The van der Waals surface area contributed by atoms with E-state index < -0.39 is 0 Å². The largest absolute Gasteiger partial charge is 0.393 e. The zero-order valence-corrected chi connectivity index (χ0v) is 12.7. The Labute approximate surface area is 128 Å². The van der Waals surface area contributed by atoms with Crippen LogP contribution in [-0.2, 0) is 4.79 Å². The molecule has 1 aromatic carbocycles.